The minimum Gasteiger partial charge on any atom is -0.344 e. The Bertz CT molecular complexity index is 1010. The van der Waals surface area contributed by atoms with E-state index in [-0.39, 0.29) is 6.04 Å². The Balaban J connectivity index is 1.88. The lowest BCUT2D eigenvalue weighted by Crippen LogP contribution is -2.21. The molecule has 1 N–H and O–H groups in total. The van der Waals surface area contributed by atoms with E-state index in [1.807, 2.05) is 42.9 Å². The van der Waals surface area contributed by atoms with Gasteiger partial charge in [-0.05, 0) is 61.1 Å². The molecule has 0 aliphatic heterocycles. The fourth-order valence-corrected chi connectivity index (χ4v) is 4.52. The van der Waals surface area contributed by atoms with Crippen molar-refractivity contribution in [2.45, 2.75) is 6.04 Å². The lowest BCUT2D eigenvalue weighted by atomic mass is 9.97. The van der Waals surface area contributed by atoms with E-state index in [4.69, 9.17) is 11.6 Å². The SMILES string of the molecule is CN(C)C(c1ccc(Cl)cc1)c1cc(-c2ccncc2)sc1-c1ncc[nH]1. The molecule has 0 saturated heterocycles. The molecule has 6 heteroatoms. The molecule has 0 aliphatic rings. The number of nitrogens with one attached hydrogen (secondary N) is 1. The number of benzene rings is 1. The van der Waals surface area contributed by atoms with Crippen LogP contribution in [-0.2, 0) is 0 Å². The van der Waals surface area contributed by atoms with Crippen molar-refractivity contribution >= 4 is 22.9 Å². The zero-order chi connectivity index (χ0) is 18.8. The van der Waals surface area contributed by atoms with Gasteiger partial charge in [0.1, 0.15) is 5.82 Å². The molecule has 0 amide bonds. The van der Waals surface area contributed by atoms with E-state index in [0.29, 0.717) is 0 Å². The number of aromatic amines is 1. The van der Waals surface area contributed by atoms with Crippen LogP contribution in [0, 0.1) is 0 Å². The molecule has 0 saturated carbocycles. The molecule has 1 atom stereocenters. The van der Waals surface area contributed by atoms with Crippen molar-refractivity contribution in [1.82, 2.24) is 19.9 Å². The first-order valence-electron chi connectivity index (χ1n) is 8.59. The first kappa shape index (κ1) is 17.9. The smallest absolute Gasteiger partial charge is 0.147 e. The summed E-state index contributed by atoms with van der Waals surface area (Å²) in [6, 6.07) is 14.5. The normalized spacial score (nSPS) is 12.4. The number of thiophene rings is 1. The molecule has 4 rings (SSSR count). The minimum atomic E-state index is 0.0919. The van der Waals surface area contributed by atoms with Gasteiger partial charge in [-0.25, -0.2) is 4.98 Å². The fraction of sp³-hybridized carbons (Fsp3) is 0.143. The van der Waals surface area contributed by atoms with Crippen LogP contribution in [-0.4, -0.2) is 33.9 Å². The number of nitrogens with zero attached hydrogens (tertiary/aromatic N) is 3. The molecule has 0 aliphatic carbocycles. The lowest BCUT2D eigenvalue weighted by molar-refractivity contribution is 0.343. The van der Waals surface area contributed by atoms with Crippen LogP contribution in [0.1, 0.15) is 17.2 Å². The summed E-state index contributed by atoms with van der Waals surface area (Å²) < 4.78 is 0. The molecule has 3 aromatic heterocycles. The summed E-state index contributed by atoms with van der Waals surface area (Å²) in [7, 11) is 4.18. The van der Waals surface area contributed by atoms with Crippen LogP contribution >= 0.6 is 22.9 Å². The van der Waals surface area contributed by atoms with Crippen molar-refractivity contribution in [3.8, 4) is 21.1 Å². The van der Waals surface area contributed by atoms with E-state index < -0.39 is 0 Å². The summed E-state index contributed by atoms with van der Waals surface area (Å²) in [5, 5.41) is 0.741. The van der Waals surface area contributed by atoms with E-state index in [1.165, 1.54) is 16.0 Å². The predicted molar refractivity (Wildman–Crippen MR) is 112 cm³/mol. The molecule has 136 valence electrons. The lowest BCUT2D eigenvalue weighted by Gasteiger charge is -2.25. The molecule has 4 nitrogen and oxygen atoms in total. The van der Waals surface area contributed by atoms with E-state index in [2.05, 4.69) is 52.1 Å². The number of hydrogen-bond acceptors (Lipinski definition) is 4. The maximum Gasteiger partial charge on any atom is 0.147 e. The molecular weight excluding hydrogens is 376 g/mol. The molecule has 0 fully saturated rings. The van der Waals surface area contributed by atoms with Gasteiger partial charge < -0.3 is 4.98 Å². The number of aromatic nitrogens is 3. The number of halogens is 1. The zero-order valence-electron chi connectivity index (χ0n) is 15.1. The number of hydrogen-bond donors (Lipinski definition) is 1. The van der Waals surface area contributed by atoms with Crippen LogP contribution < -0.4 is 0 Å². The number of rotatable bonds is 5. The quantitative estimate of drug-likeness (QED) is 0.485. The predicted octanol–water partition coefficient (Wildman–Crippen LogP) is 5.50. The van der Waals surface area contributed by atoms with Crippen LogP contribution in [0.3, 0.4) is 0 Å². The van der Waals surface area contributed by atoms with Gasteiger partial charge >= 0.3 is 0 Å². The summed E-state index contributed by atoms with van der Waals surface area (Å²) >= 11 is 7.85. The van der Waals surface area contributed by atoms with Crippen molar-refractivity contribution in [2.24, 2.45) is 0 Å². The van der Waals surface area contributed by atoms with E-state index >= 15 is 0 Å². The van der Waals surface area contributed by atoms with Crippen LogP contribution in [0.2, 0.25) is 5.02 Å². The van der Waals surface area contributed by atoms with Crippen LogP contribution in [0.5, 0.6) is 0 Å². The first-order valence-corrected chi connectivity index (χ1v) is 9.78. The highest BCUT2D eigenvalue weighted by Gasteiger charge is 2.24. The Kier molecular flexibility index (Phi) is 5.07. The zero-order valence-corrected chi connectivity index (χ0v) is 16.6. The van der Waals surface area contributed by atoms with Crippen LogP contribution in [0.25, 0.3) is 21.1 Å². The Morgan fingerprint density at radius 2 is 1.78 bits per heavy atom. The second-order valence-electron chi connectivity index (χ2n) is 6.49. The molecule has 27 heavy (non-hydrogen) atoms. The molecule has 3 heterocycles. The third-order valence-electron chi connectivity index (χ3n) is 4.44. The Labute approximate surface area is 167 Å². The number of pyridine rings is 1. The largest absolute Gasteiger partial charge is 0.344 e. The summed E-state index contributed by atoms with van der Waals surface area (Å²) in [6.07, 6.45) is 7.30. The highest BCUT2D eigenvalue weighted by Crippen LogP contribution is 2.42. The molecule has 0 radical (unpaired) electrons. The standard InChI is InChI=1S/C21H19ClN4S/c1-26(2)19(15-3-5-16(22)6-4-15)17-13-18(14-7-9-23-10-8-14)27-20(17)21-24-11-12-25-21/h3-13,19H,1-2H3,(H,24,25). The van der Waals surface area contributed by atoms with Gasteiger partial charge in [0.2, 0.25) is 0 Å². The second-order valence-corrected chi connectivity index (χ2v) is 7.98. The van der Waals surface area contributed by atoms with Gasteiger partial charge in [-0.3, -0.25) is 9.88 Å². The van der Waals surface area contributed by atoms with Gasteiger partial charge in [0, 0.05) is 34.7 Å². The molecule has 1 aromatic carbocycles. The maximum absolute atomic E-state index is 6.11. The monoisotopic (exact) mass is 394 g/mol. The van der Waals surface area contributed by atoms with Crippen molar-refractivity contribution in [2.75, 3.05) is 14.1 Å². The van der Waals surface area contributed by atoms with Crippen molar-refractivity contribution in [3.05, 3.63) is 83.4 Å². The van der Waals surface area contributed by atoms with Crippen LogP contribution in [0.4, 0.5) is 0 Å². The Hall–Kier alpha value is -2.47. The van der Waals surface area contributed by atoms with Gasteiger partial charge in [0.25, 0.3) is 0 Å². The Morgan fingerprint density at radius 3 is 2.41 bits per heavy atom. The fourth-order valence-electron chi connectivity index (χ4n) is 3.24. The molecular formula is C21H19ClN4S. The minimum absolute atomic E-state index is 0.0919. The van der Waals surface area contributed by atoms with E-state index in [0.717, 1.165) is 21.3 Å². The van der Waals surface area contributed by atoms with Crippen LogP contribution in [0.15, 0.2) is 67.3 Å². The average molecular weight is 395 g/mol. The van der Waals surface area contributed by atoms with Crippen molar-refractivity contribution in [3.63, 3.8) is 0 Å². The topological polar surface area (TPSA) is 44.8 Å². The highest BCUT2D eigenvalue weighted by atomic mass is 35.5. The number of H-pyrrole nitrogens is 1. The third kappa shape index (κ3) is 3.67. The van der Waals surface area contributed by atoms with Gasteiger partial charge in [0.05, 0.1) is 10.9 Å². The average Bonchev–Trinajstić information content (AvgIpc) is 3.34. The maximum atomic E-state index is 6.11. The molecule has 1 unspecified atom stereocenters. The Morgan fingerprint density at radius 1 is 1.04 bits per heavy atom. The molecule has 0 bridgehead atoms. The van der Waals surface area contributed by atoms with Crippen molar-refractivity contribution in [1.29, 1.82) is 0 Å². The van der Waals surface area contributed by atoms with Gasteiger partial charge in [0.15, 0.2) is 0 Å². The first-order chi connectivity index (χ1) is 13.1. The summed E-state index contributed by atoms with van der Waals surface area (Å²) in [5.41, 5.74) is 3.56. The van der Waals surface area contributed by atoms with Gasteiger partial charge in [-0.1, -0.05) is 23.7 Å². The highest BCUT2D eigenvalue weighted by molar-refractivity contribution is 7.19. The second kappa shape index (κ2) is 7.64. The number of imidazole rings is 1. The van der Waals surface area contributed by atoms with Gasteiger partial charge in [-0.2, -0.15) is 0 Å². The van der Waals surface area contributed by atoms with E-state index in [9.17, 15) is 0 Å². The molecule has 4 aromatic rings. The summed E-state index contributed by atoms with van der Waals surface area (Å²) in [4.78, 5) is 16.5. The summed E-state index contributed by atoms with van der Waals surface area (Å²) in [6.45, 7) is 0. The third-order valence-corrected chi connectivity index (χ3v) is 5.89. The van der Waals surface area contributed by atoms with Gasteiger partial charge in [-0.15, -0.1) is 11.3 Å². The van der Waals surface area contributed by atoms with E-state index in [1.54, 1.807) is 17.5 Å². The molecule has 0 spiro atoms. The summed E-state index contributed by atoms with van der Waals surface area (Å²) in [5.74, 6) is 0.885. The van der Waals surface area contributed by atoms with Crippen molar-refractivity contribution < 1.29 is 0 Å².